The molecule has 0 spiro atoms. The summed E-state index contributed by atoms with van der Waals surface area (Å²) in [5.74, 6) is -4.37. The van der Waals surface area contributed by atoms with Crippen LogP contribution in [0.5, 0.6) is 0 Å². The summed E-state index contributed by atoms with van der Waals surface area (Å²) in [6, 6.07) is -4.64. The summed E-state index contributed by atoms with van der Waals surface area (Å²) < 4.78 is 0. The van der Waals surface area contributed by atoms with E-state index in [-0.39, 0.29) is 12.2 Å². The van der Waals surface area contributed by atoms with Crippen LogP contribution < -0.4 is 21.7 Å². The van der Waals surface area contributed by atoms with Gasteiger partial charge in [0.15, 0.2) is 0 Å². The van der Waals surface area contributed by atoms with E-state index >= 15 is 0 Å². The number of carboxylic acid groups (broad SMARTS) is 2. The molecule has 0 aliphatic heterocycles. The molecule has 11 nitrogen and oxygen atoms in total. The third-order valence-corrected chi connectivity index (χ3v) is 4.56. The third kappa shape index (κ3) is 9.80. The van der Waals surface area contributed by atoms with Gasteiger partial charge in [0.1, 0.15) is 18.1 Å². The first-order valence-corrected chi connectivity index (χ1v) is 10.3. The summed E-state index contributed by atoms with van der Waals surface area (Å²) in [4.78, 5) is 58.1. The fourth-order valence-electron chi connectivity index (χ4n) is 1.92. The molecule has 0 saturated carbocycles. The molecule has 0 saturated heterocycles. The third-order valence-electron chi connectivity index (χ3n) is 3.52. The van der Waals surface area contributed by atoms with Gasteiger partial charge >= 0.3 is 11.9 Å². The molecule has 0 aliphatic rings. The lowest BCUT2D eigenvalue weighted by Gasteiger charge is -2.23. The molecule has 28 heavy (non-hydrogen) atoms. The molecular weight excluding hydrogens is 412 g/mol. The SMILES string of the molecule is CSCCC(NC(=O)C(N)CS)C(=O)NC(C)C(=O)NC(CC(=O)O)C(=O)O. The van der Waals surface area contributed by atoms with E-state index < -0.39 is 60.2 Å². The van der Waals surface area contributed by atoms with Crippen molar-refractivity contribution in [1.29, 1.82) is 0 Å². The molecule has 0 fully saturated rings. The average Bonchev–Trinajstić information content (AvgIpc) is 2.62. The molecule has 13 heteroatoms. The highest BCUT2D eigenvalue weighted by molar-refractivity contribution is 7.98. The summed E-state index contributed by atoms with van der Waals surface area (Å²) in [5, 5.41) is 24.6. The number of aliphatic carboxylic acids is 2. The molecular formula is C15H26N4O7S2. The Balaban J connectivity index is 4.97. The number of nitrogens with two attached hydrogens (primary N) is 1. The maximum Gasteiger partial charge on any atom is 0.326 e. The van der Waals surface area contributed by atoms with Crippen molar-refractivity contribution in [3.63, 3.8) is 0 Å². The molecule has 4 unspecified atom stereocenters. The zero-order chi connectivity index (χ0) is 21.9. The highest BCUT2D eigenvalue weighted by Crippen LogP contribution is 2.03. The first-order chi connectivity index (χ1) is 13.0. The quantitative estimate of drug-likeness (QED) is 0.160. The number of amides is 3. The highest BCUT2D eigenvalue weighted by Gasteiger charge is 2.28. The van der Waals surface area contributed by atoms with Crippen LogP contribution in [0.1, 0.15) is 19.8 Å². The standard InChI is InChI=1S/C15H26N4O7S2/c1-7(12(22)19-10(15(25)26)5-11(20)21)17-14(24)9(3-4-28-2)18-13(23)8(16)6-27/h7-10,27H,3-6,16H2,1-2H3,(H,17,24)(H,18,23)(H,19,22)(H,20,21)(H,25,26). The first kappa shape index (κ1) is 26.0. The van der Waals surface area contributed by atoms with Crippen LogP contribution in [0.2, 0.25) is 0 Å². The number of hydrogen-bond donors (Lipinski definition) is 7. The van der Waals surface area contributed by atoms with Crippen LogP contribution in [0.15, 0.2) is 0 Å². The number of hydrogen-bond acceptors (Lipinski definition) is 8. The van der Waals surface area contributed by atoms with Crippen molar-refractivity contribution in [2.24, 2.45) is 5.73 Å². The number of thiol groups is 1. The molecule has 3 amide bonds. The van der Waals surface area contributed by atoms with Crippen molar-refractivity contribution in [2.45, 2.75) is 43.9 Å². The maximum atomic E-state index is 12.4. The van der Waals surface area contributed by atoms with E-state index in [4.69, 9.17) is 15.9 Å². The van der Waals surface area contributed by atoms with Crippen molar-refractivity contribution in [3.05, 3.63) is 0 Å². The fraction of sp³-hybridized carbons (Fsp3) is 0.667. The van der Waals surface area contributed by atoms with Crippen LogP contribution in [-0.2, 0) is 24.0 Å². The summed E-state index contributed by atoms with van der Waals surface area (Å²) in [6.07, 6.45) is 1.29. The Morgan fingerprint density at radius 1 is 1.00 bits per heavy atom. The zero-order valence-electron chi connectivity index (χ0n) is 15.5. The van der Waals surface area contributed by atoms with Gasteiger partial charge in [0.05, 0.1) is 12.5 Å². The summed E-state index contributed by atoms with van der Waals surface area (Å²) in [5.41, 5.74) is 5.57. The van der Waals surface area contributed by atoms with Gasteiger partial charge in [-0.2, -0.15) is 24.4 Å². The van der Waals surface area contributed by atoms with Gasteiger partial charge in [0.2, 0.25) is 17.7 Å². The molecule has 0 aromatic carbocycles. The van der Waals surface area contributed by atoms with Crippen LogP contribution in [0.25, 0.3) is 0 Å². The second-order valence-corrected chi connectivity index (χ2v) is 7.21. The smallest absolute Gasteiger partial charge is 0.326 e. The first-order valence-electron chi connectivity index (χ1n) is 8.24. The van der Waals surface area contributed by atoms with Gasteiger partial charge in [-0.1, -0.05) is 0 Å². The second kappa shape index (κ2) is 13.2. The van der Waals surface area contributed by atoms with E-state index in [2.05, 4.69) is 23.3 Å². The van der Waals surface area contributed by atoms with Crippen LogP contribution in [0.3, 0.4) is 0 Å². The van der Waals surface area contributed by atoms with Gasteiger partial charge in [-0.15, -0.1) is 0 Å². The Morgan fingerprint density at radius 3 is 2.04 bits per heavy atom. The Kier molecular flexibility index (Phi) is 12.3. The molecule has 160 valence electrons. The Bertz CT molecular complexity index is 591. The van der Waals surface area contributed by atoms with Crippen molar-refractivity contribution in [3.8, 4) is 0 Å². The molecule has 0 aromatic heterocycles. The topological polar surface area (TPSA) is 188 Å². The number of nitrogens with one attached hydrogen (secondary N) is 3. The van der Waals surface area contributed by atoms with Gasteiger partial charge in [0, 0.05) is 5.75 Å². The normalized spacial score (nSPS) is 14.9. The van der Waals surface area contributed by atoms with Gasteiger partial charge < -0.3 is 31.9 Å². The number of carboxylic acids is 2. The molecule has 0 aliphatic carbocycles. The summed E-state index contributed by atoms with van der Waals surface area (Å²) >= 11 is 5.37. The molecule has 4 atom stereocenters. The lowest BCUT2D eigenvalue weighted by molar-refractivity contribution is -0.147. The Morgan fingerprint density at radius 2 is 1.57 bits per heavy atom. The molecule has 0 radical (unpaired) electrons. The molecule has 0 bridgehead atoms. The molecule has 0 heterocycles. The van der Waals surface area contributed by atoms with Gasteiger partial charge in [-0.05, 0) is 25.4 Å². The number of carbonyl (C=O) groups is 5. The summed E-state index contributed by atoms with van der Waals surface area (Å²) in [7, 11) is 0. The average molecular weight is 439 g/mol. The fourth-order valence-corrected chi connectivity index (χ4v) is 2.55. The number of carbonyl (C=O) groups excluding carboxylic acids is 3. The van der Waals surface area contributed by atoms with Crippen LogP contribution in [0.4, 0.5) is 0 Å². The van der Waals surface area contributed by atoms with Crippen molar-refractivity contribution >= 4 is 54.1 Å². The lowest BCUT2D eigenvalue weighted by Crippen LogP contribution is -2.56. The Hall–Kier alpha value is -1.99. The van der Waals surface area contributed by atoms with Gasteiger partial charge in [-0.25, -0.2) is 4.79 Å². The molecule has 7 N–H and O–H groups in total. The van der Waals surface area contributed by atoms with E-state index in [1.54, 1.807) is 0 Å². The largest absolute Gasteiger partial charge is 0.481 e. The van der Waals surface area contributed by atoms with Crippen LogP contribution >= 0.6 is 24.4 Å². The predicted octanol–water partition coefficient (Wildman–Crippen LogP) is -1.97. The minimum Gasteiger partial charge on any atom is -0.481 e. The van der Waals surface area contributed by atoms with E-state index in [9.17, 15) is 24.0 Å². The van der Waals surface area contributed by atoms with Gasteiger partial charge in [-0.3, -0.25) is 19.2 Å². The minimum atomic E-state index is -1.63. The minimum absolute atomic E-state index is 0.0850. The Labute approximate surface area is 172 Å². The monoisotopic (exact) mass is 438 g/mol. The molecule has 0 rings (SSSR count). The van der Waals surface area contributed by atoms with E-state index in [0.29, 0.717) is 5.75 Å². The van der Waals surface area contributed by atoms with Gasteiger partial charge in [0.25, 0.3) is 0 Å². The van der Waals surface area contributed by atoms with E-state index in [1.807, 2.05) is 11.6 Å². The van der Waals surface area contributed by atoms with Crippen molar-refractivity contribution < 1.29 is 34.2 Å². The van der Waals surface area contributed by atoms with E-state index in [1.165, 1.54) is 18.7 Å². The summed E-state index contributed by atoms with van der Waals surface area (Å²) in [6.45, 7) is 1.31. The maximum absolute atomic E-state index is 12.4. The van der Waals surface area contributed by atoms with Crippen LogP contribution in [0, 0.1) is 0 Å². The lowest BCUT2D eigenvalue weighted by atomic mass is 10.1. The highest BCUT2D eigenvalue weighted by atomic mass is 32.2. The molecule has 0 aromatic rings. The van der Waals surface area contributed by atoms with Crippen LogP contribution in [-0.4, -0.2) is 81.8 Å². The second-order valence-electron chi connectivity index (χ2n) is 5.86. The van der Waals surface area contributed by atoms with E-state index in [0.717, 1.165) is 0 Å². The number of rotatable bonds is 13. The predicted molar refractivity (Wildman–Crippen MR) is 106 cm³/mol. The van der Waals surface area contributed by atoms with Crippen molar-refractivity contribution in [2.75, 3.05) is 17.8 Å². The van der Waals surface area contributed by atoms with Crippen molar-refractivity contribution in [1.82, 2.24) is 16.0 Å². The number of thioether (sulfide) groups is 1. The zero-order valence-corrected chi connectivity index (χ0v) is 17.2.